The first-order valence-corrected chi connectivity index (χ1v) is 12.5. The van der Waals surface area contributed by atoms with Gasteiger partial charge in [-0.2, -0.15) is 0 Å². The molecule has 0 spiro atoms. The minimum Gasteiger partial charge on any atom is -0.491 e. The number of likely N-dealkylation sites (N-methyl/N-ethyl adjacent to an activating group) is 1. The van der Waals surface area contributed by atoms with Crippen LogP contribution in [-0.2, 0) is 11.3 Å². The summed E-state index contributed by atoms with van der Waals surface area (Å²) in [7, 11) is 3.45. The molecule has 2 N–H and O–H groups in total. The number of carbonyl (C=O) groups excluding carboxylic acids is 2. The Hall–Kier alpha value is -3.17. The van der Waals surface area contributed by atoms with Crippen LogP contribution in [0.5, 0.6) is 5.75 Å². The highest BCUT2D eigenvalue weighted by Crippen LogP contribution is 2.26. The van der Waals surface area contributed by atoms with Gasteiger partial charge in [0.25, 0.3) is 5.91 Å². The number of hydrogen-bond acceptors (Lipinski definition) is 6. The lowest BCUT2D eigenvalue weighted by molar-refractivity contribution is 0.00920. The van der Waals surface area contributed by atoms with E-state index in [-0.39, 0.29) is 30.0 Å². The van der Waals surface area contributed by atoms with Gasteiger partial charge in [0.15, 0.2) is 0 Å². The number of carbonyl (C=O) groups is 2. The molecule has 1 aliphatic heterocycles. The molecule has 3 amide bonds. The van der Waals surface area contributed by atoms with Gasteiger partial charge in [-0.1, -0.05) is 19.9 Å². The molecular weight excluding hydrogens is 458 g/mol. The van der Waals surface area contributed by atoms with E-state index in [2.05, 4.69) is 40.4 Å². The second kappa shape index (κ2) is 13.2. The second-order valence-electron chi connectivity index (χ2n) is 9.48. The number of ether oxygens (including phenoxy) is 2. The number of urea groups is 1. The maximum Gasteiger partial charge on any atom is 0.319 e. The second-order valence-corrected chi connectivity index (χ2v) is 9.48. The predicted octanol–water partition coefficient (Wildman–Crippen LogP) is 3.62. The van der Waals surface area contributed by atoms with Gasteiger partial charge in [0, 0.05) is 64.5 Å². The van der Waals surface area contributed by atoms with Crippen LogP contribution in [0.4, 0.5) is 10.5 Å². The van der Waals surface area contributed by atoms with Crippen molar-refractivity contribution in [1.29, 1.82) is 0 Å². The van der Waals surface area contributed by atoms with Crippen LogP contribution in [0.2, 0.25) is 0 Å². The van der Waals surface area contributed by atoms with Crippen LogP contribution in [0.1, 0.15) is 43.1 Å². The Bertz CT molecular complexity index is 1000. The average molecular weight is 498 g/mol. The molecule has 0 aliphatic carbocycles. The summed E-state index contributed by atoms with van der Waals surface area (Å²) in [4.78, 5) is 33.9. The first-order chi connectivity index (χ1) is 17.3. The Morgan fingerprint density at radius 2 is 2.06 bits per heavy atom. The SMILES string of the molecule is CCCNC(=O)Nc1ccc2c(c1)C(=O)N(C)C[C@@H](OC)[C@H](C)CN(Cc1cccnc1)[C@H](C)CO2. The summed E-state index contributed by atoms with van der Waals surface area (Å²) < 4.78 is 12.0. The molecule has 0 saturated carbocycles. The number of hydrogen-bond donors (Lipinski definition) is 2. The van der Waals surface area contributed by atoms with E-state index in [1.165, 1.54) is 0 Å². The molecule has 0 unspecified atom stereocenters. The minimum atomic E-state index is -0.306. The zero-order valence-corrected chi connectivity index (χ0v) is 22.0. The molecule has 0 saturated heterocycles. The number of fused-ring (bicyclic) bond motifs is 1. The van der Waals surface area contributed by atoms with E-state index < -0.39 is 0 Å². The van der Waals surface area contributed by atoms with Crippen molar-refractivity contribution in [3.63, 3.8) is 0 Å². The van der Waals surface area contributed by atoms with E-state index >= 15 is 0 Å². The number of methoxy groups -OCH3 is 1. The average Bonchev–Trinajstić information content (AvgIpc) is 2.88. The summed E-state index contributed by atoms with van der Waals surface area (Å²) in [5.41, 5.74) is 2.06. The molecule has 2 heterocycles. The van der Waals surface area contributed by atoms with Gasteiger partial charge < -0.3 is 25.0 Å². The number of nitrogens with one attached hydrogen (secondary N) is 2. The first kappa shape index (κ1) is 27.4. The van der Waals surface area contributed by atoms with Crippen molar-refractivity contribution in [3.8, 4) is 5.75 Å². The molecule has 196 valence electrons. The zero-order chi connectivity index (χ0) is 26.1. The molecule has 36 heavy (non-hydrogen) atoms. The van der Waals surface area contributed by atoms with Gasteiger partial charge in [-0.3, -0.25) is 14.7 Å². The topological polar surface area (TPSA) is 96.0 Å². The number of aromatic nitrogens is 1. The van der Waals surface area contributed by atoms with E-state index in [0.717, 1.165) is 25.1 Å². The summed E-state index contributed by atoms with van der Waals surface area (Å²) in [5, 5.41) is 5.59. The molecule has 2 aromatic rings. The van der Waals surface area contributed by atoms with Crippen LogP contribution >= 0.6 is 0 Å². The lowest BCUT2D eigenvalue weighted by atomic mass is 10.0. The predicted molar refractivity (Wildman–Crippen MR) is 140 cm³/mol. The molecule has 9 heteroatoms. The molecule has 9 nitrogen and oxygen atoms in total. The third-order valence-corrected chi connectivity index (χ3v) is 6.48. The maximum atomic E-state index is 13.5. The number of benzene rings is 1. The number of amides is 3. The summed E-state index contributed by atoms with van der Waals surface area (Å²) in [6.45, 7) is 9.18. The number of nitrogens with zero attached hydrogens (tertiary/aromatic N) is 3. The van der Waals surface area contributed by atoms with E-state index in [1.807, 2.05) is 19.2 Å². The molecule has 0 fully saturated rings. The van der Waals surface area contributed by atoms with Crippen LogP contribution in [-0.4, -0.2) is 79.3 Å². The third-order valence-electron chi connectivity index (χ3n) is 6.48. The van der Waals surface area contributed by atoms with Gasteiger partial charge in [-0.15, -0.1) is 0 Å². The van der Waals surface area contributed by atoms with Crippen LogP contribution in [0.3, 0.4) is 0 Å². The van der Waals surface area contributed by atoms with Crippen molar-refractivity contribution in [2.75, 3.05) is 45.7 Å². The number of anilines is 1. The van der Waals surface area contributed by atoms with Crippen molar-refractivity contribution >= 4 is 17.6 Å². The normalized spacial score (nSPS) is 21.5. The first-order valence-electron chi connectivity index (χ1n) is 12.5. The molecule has 0 radical (unpaired) electrons. The van der Waals surface area contributed by atoms with Crippen molar-refractivity contribution in [2.24, 2.45) is 5.92 Å². The molecule has 3 rings (SSSR count). The van der Waals surface area contributed by atoms with Gasteiger partial charge in [0.2, 0.25) is 0 Å². The van der Waals surface area contributed by atoms with Gasteiger partial charge in [-0.05, 0) is 49.1 Å². The van der Waals surface area contributed by atoms with E-state index in [9.17, 15) is 9.59 Å². The minimum absolute atomic E-state index is 0.0721. The highest BCUT2D eigenvalue weighted by Gasteiger charge is 2.28. The summed E-state index contributed by atoms with van der Waals surface area (Å²) in [5.74, 6) is 0.470. The van der Waals surface area contributed by atoms with Crippen molar-refractivity contribution in [3.05, 3.63) is 53.9 Å². The van der Waals surface area contributed by atoms with Crippen molar-refractivity contribution < 1.29 is 19.1 Å². The molecule has 1 aromatic heterocycles. The summed E-state index contributed by atoms with van der Waals surface area (Å²) in [6.07, 6.45) is 4.35. The molecule has 3 atom stereocenters. The fourth-order valence-electron chi connectivity index (χ4n) is 4.29. The summed E-state index contributed by atoms with van der Waals surface area (Å²) >= 11 is 0. The van der Waals surface area contributed by atoms with E-state index in [4.69, 9.17) is 9.47 Å². The summed E-state index contributed by atoms with van der Waals surface area (Å²) in [6, 6.07) is 8.96. The Morgan fingerprint density at radius 1 is 1.25 bits per heavy atom. The molecule has 1 aliphatic rings. The molecular formula is C27H39N5O4. The Labute approximate surface area is 214 Å². The number of rotatable bonds is 6. The fourth-order valence-corrected chi connectivity index (χ4v) is 4.29. The third kappa shape index (κ3) is 7.41. The van der Waals surface area contributed by atoms with Crippen molar-refractivity contribution in [2.45, 2.75) is 45.9 Å². The molecule has 1 aromatic carbocycles. The van der Waals surface area contributed by atoms with Crippen LogP contribution in [0.15, 0.2) is 42.7 Å². The van der Waals surface area contributed by atoms with Crippen molar-refractivity contribution in [1.82, 2.24) is 20.1 Å². The highest BCUT2D eigenvalue weighted by atomic mass is 16.5. The largest absolute Gasteiger partial charge is 0.491 e. The lowest BCUT2D eigenvalue weighted by Gasteiger charge is -2.36. The Kier molecular flexibility index (Phi) is 10.1. The molecule has 0 bridgehead atoms. The smallest absolute Gasteiger partial charge is 0.319 e. The fraction of sp³-hybridized carbons (Fsp3) is 0.519. The zero-order valence-electron chi connectivity index (χ0n) is 22.0. The maximum absolute atomic E-state index is 13.5. The number of pyridine rings is 1. The van der Waals surface area contributed by atoms with Gasteiger partial charge in [-0.25, -0.2) is 4.79 Å². The van der Waals surface area contributed by atoms with Gasteiger partial charge in [0.1, 0.15) is 12.4 Å². The van der Waals surface area contributed by atoms with Crippen LogP contribution in [0, 0.1) is 5.92 Å². The highest BCUT2D eigenvalue weighted by molar-refractivity contribution is 5.99. The standard InChI is InChI=1S/C27H39N5O4/c1-6-11-29-27(34)30-22-9-10-24-23(13-22)26(33)31(4)17-25(35-5)19(2)15-32(20(3)18-36-24)16-21-8-7-12-28-14-21/h7-10,12-14,19-20,25H,6,11,15-18H2,1-5H3,(H2,29,30,34)/t19-,20-,25-/m1/s1. The van der Waals surface area contributed by atoms with Crippen LogP contribution in [0.25, 0.3) is 0 Å². The Morgan fingerprint density at radius 3 is 2.75 bits per heavy atom. The Balaban J connectivity index is 1.89. The lowest BCUT2D eigenvalue weighted by Crippen LogP contribution is -2.46. The van der Waals surface area contributed by atoms with E-state index in [1.54, 1.807) is 43.5 Å². The quantitative estimate of drug-likeness (QED) is 0.633. The van der Waals surface area contributed by atoms with E-state index in [0.29, 0.717) is 36.7 Å². The van der Waals surface area contributed by atoms with Gasteiger partial charge >= 0.3 is 6.03 Å². The monoisotopic (exact) mass is 497 g/mol. The van der Waals surface area contributed by atoms with Gasteiger partial charge in [0.05, 0.1) is 11.7 Å². The van der Waals surface area contributed by atoms with Crippen LogP contribution < -0.4 is 15.4 Å².